The summed E-state index contributed by atoms with van der Waals surface area (Å²) in [5.74, 6) is -0.887. The van der Waals surface area contributed by atoms with Gasteiger partial charge in [0.2, 0.25) is 5.91 Å². The minimum Gasteiger partial charge on any atom is -0.325 e. The average molecular weight is 302 g/mol. The molecular weight excluding hydrogens is 288 g/mol. The maximum Gasteiger partial charge on any atom is 0.322 e. The molecule has 2 aromatic heterocycles. The van der Waals surface area contributed by atoms with Crippen LogP contribution in [0.4, 0.5) is 10.5 Å². The van der Waals surface area contributed by atoms with Crippen LogP contribution < -0.4 is 16.0 Å². The van der Waals surface area contributed by atoms with Crippen LogP contribution in [0.2, 0.25) is 0 Å². The molecule has 1 atom stereocenters. The molecule has 22 heavy (non-hydrogen) atoms. The van der Waals surface area contributed by atoms with E-state index < -0.39 is 18.0 Å². The molecule has 0 saturated carbocycles. The number of aryl methyl sites for hydroxylation is 2. The van der Waals surface area contributed by atoms with E-state index in [1.807, 2.05) is 6.92 Å². The standard InChI is InChI=1S/C13H14N6O3/c1-6-8-3-7(5-14-11(8)19(2)18-6)15-10(20)4-9-12(21)17-13(22)16-9/h3,5,9H,4H2,1-2H3,(H,15,20)(H2,16,17,21,22)/t9-/m1/s1. The Labute approximate surface area is 125 Å². The Hall–Kier alpha value is -2.97. The number of nitrogens with zero attached hydrogens (tertiary/aromatic N) is 3. The number of rotatable bonds is 3. The number of nitrogens with one attached hydrogen (secondary N) is 3. The van der Waals surface area contributed by atoms with Gasteiger partial charge in [0.1, 0.15) is 6.04 Å². The highest BCUT2D eigenvalue weighted by Crippen LogP contribution is 2.19. The highest BCUT2D eigenvalue weighted by Gasteiger charge is 2.31. The number of fused-ring (bicyclic) bond motifs is 1. The van der Waals surface area contributed by atoms with Crippen molar-refractivity contribution in [1.82, 2.24) is 25.4 Å². The van der Waals surface area contributed by atoms with Crippen LogP contribution >= 0.6 is 0 Å². The van der Waals surface area contributed by atoms with Crippen LogP contribution in [0.25, 0.3) is 11.0 Å². The third kappa shape index (κ3) is 2.48. The summed E-state index contributed by atoms with van der Waals surface area (Å²) in [5, 5.41) is 12.2. The van der Waals surface area contributed by atoms with E-state index in [-0.39, 0.29) is 12.3 Å². The van der Waals surface area contributed by atoms with Gasteiger partial charge >= 0.3 is 6.03 Å². The van der Waals surface area contributed by atoms with Gasteiger partial charge in [0.05, 0.1) is 24.0 Å². The zero-order valence-electron chi connectivity index (χ0n) is 12.0. The van der Waals surface area contributed by atoms with Crippen LogP contribution in [-0.2, 0) is 16.6 Å². The second kappa shape index (κ2) is 5.10. The number of aromatic nitrogens is 3. The molecule has 2 aromatic rings. The van der Waals surface area contributed by atoms with Gasteiger partial charge in [0, 0.05) is 12.4 Å². The van der Waals surface area contributed by atoms with Gasteiger partial charge in [-0.15, -0.1) is 0 Å². The summed E-state index contributed by atoms with van der Waals surface area (Å²) in [4.78, 5) is 38.6. The first-order chi connectivity index (χ1) is 10.4. The number of carbonyl (C=O) groups is 3. The summed E-state index contributed by atoms with van der Waals surface area (Å²) in [6.07, 6.45) is 1.39. The second-order valence-electron chi connectivity index (χ2n) is 5.07. The largest absolute Gasteiger partial charge is 0.325 e. The van der Waals surface area contributed by atoms with Crippen molar-refractivity contribution in [3.63, 3.8) is 0 Å². The molecule has 1 fully saturated rings. The maximum absolute atomic E-state index is 12.0. The van der Waals surface area contributed by atoms with Crippen molar-refractivity contribution in [1.29, 1.82) is 0 Å². The Morgan fingerprint density at radius 2 is 2.23 bits per heavy atom. The van der Waals surface area contributed by atoms with Gasteiger partial charge in [-0.2, -0.15) is 5.10 Å². The zero-order valence-corrected chi connectivity index (χ0v) is 12.0. The summed E-state index contributed by atoms with van der Waals surface area (Å²) in [7, 11) is 1.79. The molecule has 0 spiro atoms. The van der Waals surface area contributed by atoms with Crippen molar-refractivity contribution >= 4 is 34.6 Å². The minimum absolute atomic E-state index is 0.137. The third-order valence-corrected chi connectivity index (χ3v) is 3.39. The number of carbonyl (C=O) groups excluding carboxylic acids is 3. The average Bonchev–Trinajstić information content (AvgIpc) is 2.90. The van der Waals surface area contributed by atoms with Crippen LogP contribution in [0.3, 0.4) is 0 Å². The van der Waals surface area contributed by atoms with E-state index in [9.17, 15) is 14.4 Å². The van der Waals surface area contributed by atoms with Crippen molar-refractivity contribution < 1.29 is 14.4 Å². The number of hydrogen-bond donors (Lipinski definition) is 3. The number of anilines is 1. The Balaban J connectivity index is 1.73. The zero-order chi connectivity index (χ0) is 15.9. The van der Waals surface area contributed by atoms with Gasteiger partial charge in [-0.1, -0.05) is 0 Å². The predicted octanol–water partition coefficient (Wildman–Crippen LogP) is -0.187. The van der Waals surface area contributed by atoms with Gasteiger partial charge in [-0.05, 0) is 13.0 Å². The minimum atomic E-state index is -0.843. The number of imide groups is 1. The molecule has 4 amide bonds. The van der Waals surface area contributed by atoms with Crippen LogP contribution in [0.1, 0.15) is 12.1 Å². The van der Waals surface area contributed by atoms with Crippen molar-refractivity contribution in [2.45, 2.75) is 19.4 Å². The van der Waals surface area contributed by atoms with E-state index in [1.54, 1.807) is 17.8 Å². The summed E-state index contributed by atoms with van der Waals surface area (Å²) >= 11 is 0. The van der Waals surface area contributed by atoms with Crippen molar-refractivity contribution in [2.24, 2.45) is 7.05 Å². The molecule has 3 N–H and O–H groups in total. The van der Waals surface area contributed by atoms with E-state index in [0.29, 0.717) is 5.69 Å². The molecule has 1 aliphatic heterocycles. The number of pyridine rings is 1. The van der Waals surface area contributed by atoms with Crippen molar-refractivity contribution in [3.05, 3.63) is 18.0 Å². The monoisotopic (exact) mass is 302 g/mol. The first kappa shape index (κ1) is 14.0. The van der Waals surface area contributed by atoms with Crippen LogP contribution in [-0.4, -0.2) is 38.7 Å². The van der Waals surface area contributed by atoms with Gasteiger partial charge in [-0.25, -0.2) is 9.78 Å². The highest BCUT2D eigenvalue weighted by atomic mass is 16.2. The van der Waals surface area contributed by atoms with Crippen molar-refractivity contribution in [3.8, 4) is 0 Å². The summed E-state index contributed by atoms with van der Waals surface area (Å²) in [6, 6.07) is 0.344. The Bertz CT molecular complexity index is 796. The fraction of sp³-hybridized carbons (Fsp3) is 0.308. The molecule has 0 aliphatic carbocycles. The molecule has 0 aromatic carbocycles. The lowest BCUT2D eigenvalue weighted by Gasteiger charge is -2.08. The number of urea groups is 1. The van der Waals surface area contributed by atoms with E-state index in [4.69, 9.17) is 0 Å². The lowest BCUT2D eigenvalue weighted by molar-refractivity contribution is -0.124. The predicted molar refractivity (Wildman–Crippen MR) is 77.0 cm³/mol. The number of hydrogen-bond acceptors (Lipinski definition) is 5. The van der Waals surface area contributed by atoms with Gasteiger partial charge in [0.25, 0.3) is 5.91 Å². The van der Waals surface area contributed by atoms with Gasteiger partial charge in [-0.3, -0.25) is 19.6 Å². The first-order valence-corrected chi connectivity index (χ1v) is 6.64. The number of amides is 4. The quantitative estimate of drug-likeness (QED) is 0.679. The summed E-state index contributed by atoms with van der Waals surface area (Å²) in [6.45, 7) is 1.86. The molecule has 3 rings (SSSR count). The van der Waals surface area contributed by atoms with Crippen LogP contribution in [0.15, 0.2) is 12.3 Å². The Morgan fingerprint density at radius 1 is 1.45 bits per heavy atom. The lowest BCUT2D eigenvalue weighted by atomic mass is 10.2. The van der Waals surface area contributed by atoms with Crippen molar-refractivity contribution in [2.75, 3.05) is 5.32 Å². The fourth-order valence-corrected chi connectivity index (χ4v) is 2.38. The molecular formula is C13H14N6O3. The highest BCUT2D eigenvalue weighted by molar-refractivity contribution is 6.07. The Kier molecular flexibility index (Phi) is 3.24. The molecule has 9 nitrogen and oxygen atoms in total. The molecule has 0 radical (unpaired) electrons. The van der Waals surface area contributed by atoms with Gasteiger partial charge < -0.3 is 10.6 Å². The van der Waals surface area contributed by atoms with E-state index in [2.05, 4.69) is 26.0 Å². The van der Waals surface area contributed by atoms with E-state index in [1.165, 1.54) is 6.20 Å². The molecule has 1 saturated heterocycles. The van der Waals surface area contributed by atoms with E-state index >= 15 is 0 Å². The first-order valence-electron chi connectivity index (χ1n) is 6.64. The molecule has 0 unspecified atom stereocenters. The molecule has 3 heterocycles. The third-order valence-electron chi connectivity index (χ3n) is 3.39. The lowest BCUT2D eigenvalue weighted by Crippen LogP contribution is -2.33. The maximum atomic E-state index is 12.0. The van der Waals surface area contributed by atoms with Crippen LogP contribution in [0.5, 0.6) is 0 Å². The molecule has 0 bridgehead atoms. The van der Waals surface area contributed by atoms with E-state index in [0.717, 1.165) is 16.7 Å². The second-order valence-corrected chi connectivity index (χ2v) is 5.07. The van der Waals surface area contributed by atoms with Crippen LogP contribution in [0, 0.1) is 6.92 Å². The topological polar surface area (TPSA) is 118 Å². The van der Waals surface area contributed by atoms with Gasteiger partial charge in [0.15, 0.2) is 5.65 Å². The molecule has 9 heteroatoms. The molecule has 1 aliphatic rings. The summed E-state index contributed by atoms with van der Waals surface area (Å²) in [5.41, 5.74) is 2.04. The summed E-state index contributed by atoms with van der Waals surface area (Å²) < 4.78 is 1.66. The Morgan fingerprint density at radius 3 is 2.91 bits per heavy atom. The SMILES string of the molecule is Cc1nn(C)c2ncc(NC(=O)C[C@H]3NC(=O)NC3=O)cc12. The normalized spacial score (nSPS) is 17.5. The fourth-order valence-electron chi connectivity index (χ4n) is 2.38. The smallest absolute Gasteiger partial charge is 0.322 e. The molecule has 114 valence electrons.